The highest BCUT2D eigenvalue weighted by Gasteiger charge is 2.33. The van der Waals surface area contributed by atoms with Gasteiger partial charge in [-0.1, -0.05) is 11.6 Å². The zero-order chi connectivity index (χ0) is 24.8. The van der Waals surface area contributed by atoms with E-state index in [-0.39, 0.29) is 33.7 Å². The smallest absolute Gasteiger partial charge is 0.355 e. The molecule has 1 aliphatic rings. The van der Waals surface area contributed by atoms with Crippen molar-refractivity contribution in [2.24, 2.45) is 20.0 Å². The molecule has 3 aromatic heterocycles. The van der Waals surface area contributed by atoms with E-state index in [2.05, 4.69) is 15.3 Å². The Kier molecular flexibility index (Phi) is 6.11. The third-order valence-electron chi connectivity index (χ3n) is 5.88. The summed E-state index contributed by atoms with van der Waals surface area (Å²) in [5.74, 6) is -0.384. The maximum atomic E-state index is 12.8. The SMILES string of the molecule is Cn1c(=O)c2cc(NC(=O)C3CCN(c4ncc(C(F)(F)F)cc4Cl)CC3)cnc2n(C)c1=O. The second-order valence-electron chi connectivity index (χ2n) is 8.08. The number of carbonyl (C=O) groups is 1. The lowest BCUT2D eigenvalue weighted by Crippen LogP contribution is -2.39. The van der Waals surface area contributed by atoms with Gasteiger partial charge in [0.1, 0.15) is 11.5 Å². The number of alkyl halides is 3. The molecule has 0 spiro atoms. The zero-order valence-corrected chi connectivity index (χ0v) is 18.9. The average molecular weight is 497 g/mol. The number of halogens is 4. The highest BCUT2D eigenvalue weighted by molar-refractivity contribution is 6.33. The van der Waals surface area contributed by atoms with Crippen LogP contribution in [0.25, 0.3) is 11.0 Å². The number of hydrogen-bond donors (Lipinski definition) is 1. The van der Waals surface area contributed by atoms with Gasteiger partial charge in [-0.25, -0.2) is 14.8 Å². The fraction of sp³-hybridized carbons (Fsp3) is 0.381. The number of aryl methyl sites for hydroxylation is 1. The molecule has 13 heteroatoms. The monoisotopic (exact) mass is 496 g/mol. The molecular formula is C21H20ClF3N6O3. The summed E-state index contributed by atoms with van der Waals surface area (Å²) < 4.78 is 40.7. The van der Waals surface area contributed by atoms with Crippen LogP contribution in [-0.2, 0) is 25.1 Å². The Balaban J connectivity index is 1.45. The van der Waals surface area contributed by atoms with Gasteiger partial charge in [0.25, 0.3) is 5.56 Å². The van der Waals surface area contributed by atoms with Crippen molar-refractivity contribution in [3.8, 4) is 0 Å². The Morgan fingerprint density at radius 3 is 2.38 bits per heavy atom. The van der Waals surface area contributed by atoms with Gasteiger partial charge in [-0.2, -0.15) is 13.2 Å². The number of amides is 1. The van der Waals surface area contributed by atoms with Gasteiger partial charge in [0.05, 0.1) is 27.9 Å². The first-order chi connectivity index (χ1) is 16.0. The Bertz CT molecular complexity index is 1390. The van der Waals surface area contributed by atoms with Crippen LogP contribution < -0.4 is 21.5 Å². The number of fused-ring (bicyclic) bond motifs is 1. The Labute approximate surface area is 195 Å². The summed E-state index contributed by atoms with van der Waals surface area (Å²) in [6.07, 6.45) is -1.55. The number of anilines is 2. The van der Waals surface area contributed by atoms with Gasteiger partial charge in [0.15, 0.2) is 0 Å². The number of hydrogen-bond acceptors (Lipinski definition) is 6. The number of pyridine rings is 2. The van der Waals surface area contributed by atoms with Crippen molar-refractivity contribution in [2.45, 2.75) is 19.0 Å². The number of aromatic nitrogens is 4. The van der Waals surface area contributed by atoms with Gasteiger partial charge < -0.3 is 10.2 Å². The lowest BCUT2D eigenvalue weighted by atomic mass is 9.95. The van der Waals surface area contributed by atoms with Crippen LogP contribution in [0.2, 0.25) is 5.02 Å². The molecule has 0 aliphatic carbocycles. The minimum absolute atomic E-state index is 0.101. The van der Waals surface area contributed by atoms with Crippen LogP contribution in [-0.4, -0.2) is 38.1 Å². The van der Waals surface area contributed by atoms with E-state index in [1.807, 2.05) is 0 Å². The first kappa shape index (κ1) is 23.7. The molecule has 1 saturated heterocycles. The van der Waals surface area contributed by atoms with Crippen molar-refractivity contribution in [1.29, 1.82) is 0 Å². The van der Waals surface area contributed by atoms with Crippen molar-refractivity contribution in [1.82, 2.24) is 19.1 Å². The molecule has 0 atom stereocenters. The number of nitrogens with zero attached hydrogens (tertiary/aromatic N) is 5. The molecular weight excluding hydrogens is 477 g/mol. The van der Waals surface area contributed by atoms with Crippen molar-refractivity contribution in [3.63, 3.8) is 0 Å². The summed E-state index contributed by atoms with van der Waals surface area (Å²) >= 11 is 6.03. The first-order valence-electron chi connectivity index (χ1n) is 10.3. The minimum Gasteiger partial charge on any atom is -0.355 e. The number of piperidine rings is 1. The van der Waals surface area contributed by atoms with E-state index in [1.54, 1.807) is 4.90 Å². The Hall–Kier alpha value is -3.41. The highest BCUT2D eigenvalue weighted by atomic mass is 35.5. The molecule has 0 unspecified atom stereocenters. The number of rotatable bonds is 3. The molecule has 4 heterocycles. The molecule has 3 aromatic rings. The normalized spacial score (nSPS) is 15.1. The van der Waals surface area contributed by atoms with Crippen molar-refractivity contribution in [2.75, 3.05) is 23.3 Å². The van der Waals surface area contributed by atoms with Gasteiger partial charge in [0, 0.05) is 39.3 Å². The van der Waals surface area contributed by atoms with Crippen LogP contribution in [0.4, 0.5) is 24.7 Å². The van der Waals surface area contributed by atoms with E-state index in [4.69, 9.17) is 11.6 Å². The zero-order valence-electron chi connectivity index (χ0n) is 18.2. The van der Waals surface area contributed by atoms with Crippen LogP contribution in [0, 0.1) is 5.92 Å². The van der Waals surface area contributed by atoms with Gasteiger partial charge in [-0.15, -0.1) is 0 Å². The molecule has 1 fully saturated rings. The summed E-state index contributed by atoms with van der Waals surface area (Å²) in [5, 5.41) is 2.85. The van der Waals surface area contributed by atoms with Crippen LogP contribution in [0.1, 0.15) is 18.4 Å². The fourth-order valence-electron chi connectivity index (χ4n) is 3.95. The number of carbonyl (C=O) groups excluding carboxylic acids is 1. The maximum Gasteiger partial charge on any atom is 0.417 e. The molecule has 180 valence electrons. The highest BCUT2D eigenvalue weighted by Crippen LogP contribution is 2.34. The van der Waals surface area contributed by atoms with Gasteiger partial charge in [-0.3, -0.25) is 18.7 Å². The van der Waals surface area contributed by atoms with E-state index in [1.165, 1.54) is 30.9 Å². The molecule has 1 N–H and O–H groups in total. The second kappa shape index (κ2) is 8.75. The number of nitrogens with one attached hydrogen (secondary N) is 1. The standard InChI is InChI=1S/C21H20ClF3N6O3/c1-29-16-14(19(33)30(2)20(29)34)8-13(10-27-16)28-18(32)11-3-5-31(6-4-11)17-15(22)7-12(9-26-17)21(23,24)25/h7-11H,3-6H2,1-2H3,(H,28,32). The van der Waals surface area contributed by atoms with Gasteiger partial charge in [-0.05, 0) is 25.0 Å². The van der Waals surface area contributed by atoms with E-state index in [0.717, 1.165) is 16.8 Å². The molecule has 9 nitrogen and oxygen atoms in total. The first-order valence-corrected chi connectivity index (χ1v) is 10.7. The molecule has 0 aromatic carbocycles. The third kappa shape index (κ3) is 4.37. The van der Waals surface area contributed by atoms with Gasteiger partial charge in [0.2, 0.25) is 5.91 Å². The van der Waals surface area contributed by atoms with Crippen molar-refractivity contribution >= 4 is 40.0 Å². The molecule has 0 radical (unpaired) electrons. The van der Waals surface area contributed by atoms with Crippen molar-refractivity contribution in [3.05, 3.63) is 56.0 Å². The second-order valence-corrected chi connectivity index (χ2v) is 8.49. The molecule has 0 bridgehead atoms. The molecule has 1 aliphatic heterocycles. The summed E-state index contributed by atoms with van der Waals surface area (Å²) in [6, 6.07) is 2.32. The van der Waals surface area contributed by atoms with E-state index < -0.39 is 23.0 Å². The summed E-state index contributed by atoms with van der Waals surface area (Å²) in [6.45, 7) is 0.767. The van der Waals surface area contributed by atoms with Crippen LogP contribution in [0.3, 0.4) is 0 Å². The van der Waals surface area contributed by atoms with Crippen LogP contribution in [0.15, 0.2) is 34.1 Å². The molecule has 1 amide bonds. The van der Waals surface area contributed by atoms with Crippen LogP contribution in [0.5, 0.6) is 0 Å². The Morgan fingerprint density at radius 2 is 1.76 bits per heavy atom. The lowest BCUT2D eigenvalue weighted by Gasteiger charge is -2.32. The predicted molar refractivity (Wildman–Crippen MR) is 120 cm³/mol. The van der Waals surface area contributed by atoms with E-state index in [0.29, 0.717) is 31.6 Å². The minimum atomic E-state index is -4.53. The molecule has 0 saturated carbocycles. The lowest BCUT2D eigenvalue weighted by molar-refractivity contribution is -0.137. The maximum absolute atomic E-state index is 12.8. The summed E-state index contributed by atoms with van der Waals surface area (Å²) in [5.41, 5.74) is -1.41. The fourth-order valence-corrected chi connectivity index (χ4v) is 4.24. The van der Waals surface area contributed by atoms with E-state index >= 15 is 0 Å². The quantitative estimate of drug-likeness (QED) is 0.598. The summed E-state index contributed by atoms with van der Waals surface area (Å²) in [4.78, 5) is 47.0. The molecule has 34 heavy (non-hydrogen) atoms. The Morgan fingerprint density at radius 1 is 1.09 bits per heavy atom. The average Bonchev–Trinajstić information content (AvgIpc) is 2.80. The van der Waals surface area contributed by atoms with Crippen molar-refractivity contribution < 1.29 is 18.0 Å². The largest absolute Gasteiger partial charge is 0.417 e. The topological polar surface area (TPSA) is 102 Å². The summed E-state index contributed by atoms with van der Waals surface area (Å²) in [7, 11) is 2.86. The third-order valence-corrected chi connectivity index (χ3v) is 6.15. The van der Waals surface area contributed by atoms with Gasteiger partial charge >= 0.3 is 11.9 Å². The van der Waals surface area contributed by atoms with Crippen LogP contribution >= 0.6 is 11.6 Å². The molecule has 4 rings (SSSR count). The predicted octanol–water partition coefficient (Wildman–Crippen LogP) is 2.55. The van der Waals surface area contributed by atoms with E-state index in [9.17, 15) is 27.6 Å².